The van der Waals surface area contributed by atoms with Gasteiger partial charge in [-0.15, -0.1) is 0 Å². The number of ether oxygens (including phenoxy) is 4. The largest absolute Gasteiger partial charge is 0.460 e. The lowest BCUT2D eigenvalue weighted by Gasteiger charge is -2.19. The Balaban J connectivity index is -0.00000170. The van der Waals surface area contributed by atoms with Gasteiger partial charge in [0.15, 0.2) is 11.1 Å². The predicted octanol–water partition coefficient (Wildman–Crippen LogP) is 4.04. The highest BCUT2D eigenvalue weighted by Crippen LogP contribution is 2.09. The van der Waals surface area contributed by atoms with Crippen LogP contribution >= 0.6 is 0 Å². The van der Waals surface area contributed by atoms with Gasteiger partial charge in [-0.05, 0) is 39.8 Å². The third-order valence-electron chi connectivity index (χ3n) is 3.25. The fourth-order valence-electron chi connectivity index (χ4n) is 1.98. The fraction of sp³-hybridized carbons (Fsp3) is 0.708. The van der Waals surface area contributed by atoms with E-state index < -0.39 is 16.7 Å². The second-order valence-corrected chi connectivity index (χ2v) is 8.22. The van der Waals surface area contributed by atoms with Crippen molar-refractivity contribution in [3.63, 3.8) is 0 Å². The first-order chi connectivity index (χ1) is 15.3. The number of rotatable bonds is 14. The second kappa shape index (κ2) is 23.8. The average molecular weight is 495 g/mol. The van der Waals surface area contributed by atoms with Crippen molar-refractivity contribution in [2.75, 3.05) is 46.2 Å². The molecule has 0 saturated carbocycles. The van der Waals surface area contributed by atoms with E-state index in [2.05, 4.69) is 0 Å². The molecule has 0 aliphatic rings. The van der Waals surface area contributed by atoms with Crippen molar-refractivity contribution in [1.29, 1.82) is 0 Å². The molecule has 1 aromatic rings. The van der Waals surface area contributed by atoms with Gasteiger partial charge < -0.3 is 24.4 Å². The van der Waals surface area contributed by atoms with Gasteiger partial charge in [0.05, 0.1) is 57.6 Å². The molecule has 0 amide bonds. The molecule has 196 valence electrons. The molecular weight excluding hydrogens is 448 g/mol. The van der Waals surface area contributed by atoms with Crippen LogP contribution in [0.2, 0.25) is 0 Å². The maximum absolute atomic E-state index is 11.9. The first-order valence-electron chi connectivity index (χ1n) is 11.3. The van der Waals surface area contributed by atoms with Crippen LogP contribution in [0.3, 0.4) is 0 Å². The van der Waals surface area contributed by atoms with Crippen LogP contribution in [0.15, 0.2) is 29.2 Å². The number of carbonyl (C=O) groups excluding carboxylic acids is 1. The van der Waals surface area contributed by atoms with E-state index in [0.29, 0.717) is 44.5 Å². The number of hydrogen-bond donors (Lipinski definition) is 0. The van der Waals surface area contributed by atoms with Gasteiger partial charge in [0.2, 0.25) is 0 Å². The van der Waals surface area contributed by atoms with E-state index in [1.165, 1.54) is 0 Å². The Morgan fingerprint density at radius 2 is 1.21 bits per heavy atom. The molecule has 0 saturated heterocycles. The Morgan fingerprint density at radius 1 is 0.788 bits per heavy atom. The molecule has 0 heterocycles. The Labute approximate surface area is 203 Å². The van der Waals surface area contributed by atoms with Crippen molar-refractivity contribution >= 4 is 17.0 Å². The third kappa shape index (κ3) is 23.6. The summed E-state index contributed by atoms with van der Waals surface area (Å²) in [6.07, 6.45) is 0.227. The van der Waals surface area contributed by atoms with Crippen LogP contribution in [0.4, 0.5) is 0 Å². The normalized spacial score (nSPS) is 11.2. The Morgan fingerprint density at radius 3 is 1.67 bits per heavy atom. The van der Waals surface area contributed by atoms with E-state index in [9.17, 15) is 9.00 Å². The molecule has 0 aliphatic heterocycles. The Kier molecular flexibility index (Phi) is 26.1. The SMILES string of the molecule is CC.CC.Cc1ccc(S(=O)OCCOCCOCCOCCC(=O)OC(C)(C)C)cc1.O. The first kappa shape index (κ1) is 36.2. The molecule has 2 N–H and O–H groups in total. The van der Waals surface area contributed by atoms with Gasteiger partial charge >= 0.3 is 5.97 Å². The molecule has 0 bridgehead atoms. The number of esters is 1. The lowest BCUT2D eigenvalue weighted by molar-refractivity contribution is -0.156. The van der Waals surface area contributed by atoms with Gasteiger partial charge in [0.25, 0.3) is 0 Å². The minimum atomic E-state index is -1.48. The predicted molar refractivity (Wildman–Crippen MR) is 133 cm³/mol. The quantitative estimate of drug-likeness (QED) is 0.283. The molecular formula is C24H46O8S. The van der Waals surface area contributed by atoms with Crippen molar-refractivity contribution in [3.05, 3.63) is 29.8 Å². The van der Waals surface area contributed by atoms with E-state index in [-0.39, 0.29) is 24.5 Å². The topological polar surface area (TPSA) is 112 Å². The molecule has 1 aromatic carbocycles. The zero-order valence-electron chi connectivity index (χ0n) is 21.7. The van der Waals surface area contributed by atoms with E-state index in [0.717, 1.165) is 5.56 Å². The zero-order valence-corrected chi connectivity index (χ0v) is 22.5. The summed E-state index contributed by atoms with van der Waals surface area (Å²) >= 11 is -1.48. The van der Waals surface area contributed by atoms with Crippen molar-refractivity contribution in [2.45, 2.75) is 72.3 Å². The molecule has 0 radical (unpaired) electrons. The lowest BCUT2D eigenvalue weighted by Crippen LogP contribution is -2.24. The van der Waals surface area contributed by atoms with Gasteiger partial charge in [-0.1, -0.05) is 45.4 Å². The summed E-state index contributed by atoms with van der Waals surface area (Å²) in [4.78, 5) is 12.1. The second-order valence-electron chi connectivity index (χ2n) is 7.04. The molecule has 0 aliphatic carbocycles. The number of benzene rings is 1. The molecule has 8 nitrogen and oxygen atoms in total. The van der Waals surface area contributed by atoms with E-state index in [4.69, 9.17) is 23.1 Å². The lowest BCUT2D eigenvalue weighted by atomic mass is 10.2. The summed E-state index contributed by atoms with van der Waals surface area (Å²) in [7, 11) is 0. The maximum atomic E-state index is 11.9. The molecule has 33 heavy (non-hydrogen) atoms. The van der Waals surface area contributed by atoms with Gasteiger partial charge in [0, 0.05) is 0 Å². The van der Waals surface area contributed by atoms with Gasteiger partial charge in [-0.25, -0.2) is 4.21 Å². The smallest absolute Gasteiger partial charge is 0.308 e. The van der Waals surface area contributed by atoms with E-state index >= 15 is 0 Å². The van der Waals surface area contributed by atoms with Crippen LogP contribution in [0, 0.1) is 6.92 Å². The molecule has 1 atom stereocenters. The van der Waals surface area contributed by atoms with Gasteiger partial charge in [-0.3, -0.25) is 8.98 Å². The van der Waals surface area contributed by atoms with Crippen LogP contribution in [-0.4, -0.2) is 67.5 Å². The average Bonchev–Trinajstić information content (AvgIpc) is 2.76. The molecule has 1 unspecified atom stereocenters. The summed E-state index contributed by atoms with van der Waals surface area (Å²) in [5.41, 5.74) is 0.638. The first-order valence-corrected chi connectivity index (χ1v) is 12.4. The van der Waals surface area contributed by atoms with Gasteiger partial charge in [-0.2, -0.15) is 0 Å². The highest BCUT2D eigenvalue weighted by Gasteiger charge is 2.15. The Bertz CT molecular complexity index is 585. The summed E-state index contributed by atoms with van der Waals surface area (Å²) in [6.45, 7) is 18.0. The molecule has 1 rings (SSSR count). The number of carbonyl (C=O) groups is 1. The van der Waals surface area contributed by atoms with E-state index in [1.54, 1.807) is 12.1 Å². The summed E-state index contributed by atoms with van der Waals surface area (Å²) in [5, 5.41) is 0. The highest BCUT2D eigenvalue weighted by atomic mass is 32.2. The molecule has 9 heteroatoms. The standard InChI is InChI=1S/C20H32O7S.2C2H6.H2O/c1-17-5-7-18(8-6-17)28(22)26-16-15-25-14-13-24-12-11-23-10-9-19(21)27-20(2,3)4;2*1-2;/h5-8H,9-16H2,1-4H3;2*1-2H3;1H2. The van der Waals surface area contributed by atoms with Crippen molar-refractivity contribution < 1.29 is 37.6 Å². The number of hydrogen-bond acceptors (Lipinski definition) is 7. The molecule has 0 spiro atoms. The third-order valence-corrected chi connectivity index (χ3v) is 4.28. The van der Waals surface area contributed by atoms with Crippen molar-refractivity contribution in [1.82, 2.24) is 0 Å². The molecule has 0 fully saturated rings. The minimum absolute atomic E-state index is 0. The molecule has 0 aromatic heterocycles. The summed E-state index contributed by atoms with van der Waals surface area (Å²) in [6, 6.07) is 7.36. The summed E-state index contributed by atoms with van der Waals surface area (Å²) in [5.74, 6) is -0.271. The van der Waals surface area contributed by atoms with Gasteiger partial charge in [0.1, 0.15) is 5.60 Å². The van der Waals surface area contributed by atoms with E-state index in [1.807, 2.05) is 67.5 Å². The zero-order chi connectivity index (χ0) is 24.8. The fourth-order valence-corrected chi connectivity index (χ4v) is 2.69. The number of aryl methyl sites for hydroxylation is 1. The van der Waals surface area contributed by atoms with Crippen LogP contribution in [0.1, 0.15) is 60.5 Å². The highest BCUT2D eigenvalue weighted by molar-refractivity contribution is 7.80. The maximum Gasteiger partial charge on any atom is 0.308 e. The van der Waals surface area contributed by atoms with Crippen molar-refractivity contribution in [2.24, 2.45) is 0 Å². The van der Waals surface area contributed by atoms with Crippen LogP contribution in [-0.2, 0) is 39.0 Å². The monoisotopic (exact) mass is 494 g/mol. The minimum Gasteiger partial charge on any atom is -0.460 e. The van der Waals surface area contributed by atoms with Crippen LogP contribution in [0.5, 0.6) is 0 Å². The Hall–Kier alpha value is -1.36. The van der Waals surface area contributed by atoms with Crippen LogP contribution < -0.4 is 0 Å². The van der Waals surface area contributed by atoms with Crippen LogP contribution in [0.25, 0.3) is 0 Å². The van der Waals surface area contributed by atoms with Crippen molar-refractivity contribution in [3.8, 4) is 0 Å². The summed E-state index contributed by atoms with van der Waals surface area (Å²) < 4.78 is 38.3.